The predicted octanol–water partition coefficient (Wildman–Crippen LogP) is 3.40. The van der Waals surface area contributed by atoms with Crippen molar-refractivity contribution in [2.24, 2.45) is 5.41 Å². The van der Waals surface area contributed by atoms with Gasteiger partial charge in [-0.25, -0.2) is 0 Å². The van der Waals surface area contributed by atoms with Gasteiger partial charge in [0.05, 0.1) is 0 Å². The summed E-state index contributed by atoms with van der Waals surface area (Å²) < 4.78 is 5.63. The predicted molar refractivity (Wildman–Crippen MR) is 86.6 cm³/mol. The zero-order chi connectivity index (χ0) is 16.9. The fraction of sp³-hybridized carbons (Fsp3) is 0.474. The molecule has 1 aliphatic rings. The van der Waals surface area contributed by atoms with E-state index in [1.54, 1.807) is 0 Å². The molecule has 0 atom stereocenters. The molecular formula is C19H22O4. The van der Waals surface area contributed by atoms with Gasteiger partial charge in [0.15, 0.2) is 11.0 Å². The summed E-state index contributed by atoms with van der Waals surface area (Å²) in [6, 6.07) is 9.50. The Labute approximate surface area is 136 Å². The minimum Gasteiger partial charge on any atom is -0.480 e. The van der Waals surface area contributed by atoms with E-state index in [-0.39, 0.29) is 0 Å². The Morgan fingerprint density at radius 3 is 2.30 bits per heavy atom. The van der Waals surface area contributed by atoms with Gasteiger partial charge in [0.2, 0.25) is 0 Å². The Balaban J connectivity index is 2.25. The first-order valence-corrected chi connectivity index (χ1v) is 7.91. The lowest BCUT2D eigenvalue weighted by molar-refractivity contribution is -0.175. The number of benzene rings is 1. The van der Waals surface area contributed by atoms with Gasteiger partial charge in [-0.15, -0.1) is 0 Å². The van der Waals surface area contributed by atoms with Crippen molar-refractivity contribution >= 4 is 11.9 Å². The first-order chi connectivity index (χ1) is 10.9. The van der Waals surface area contributed by atoms with Crippen LogP contribution in [-0.4, -0.2) is 22.6 Å². The SMILES string of the molecule is CC(C)(C(=O)O)C(=O)OC1(C#Cc2ccccc2)CCCCC1. The summed E-state index contributed by atoms with van der Waals surface area (Å²) in [6.45, 7) is 2.72. The second kappa shape index (κ2) is 6.87. The molecule has 1 fully saturated rings. The van der Waals surface area contributed by atoms with E-state index in [0.717, 1.165) is 24.8 Å². The van der Waals surface area contributed by atoms with Crippen molar-refractivity contribution in [1.82, 2.24) is 0 Å². The van der Waals surface area contributed by atoms with E-state index in [9.17, 15) is 14.7 Å². The third-order valence-electron chi connectivity index (χ3n) is 4.20. The van der Waals surface area contributed by atoms with Crippen LogP contribution < -0.4 is 0 Å². The lowest BCUT2D eigenvalue weighted by atomic mass is 9.84. The summed E-state index contributed by atoms with van der Waals surface area (Å²) in [5, 5.41) is 9.20. The highest BCUT2D eigenvalue weighted by atomic mass is 16.6. The summed E-state index contributed by atoms with van der Waals surface area (Å²) in [5.74, 6) is 4.26. The molecule has 0 amide bonds. The normalized spacial score (nSPS) is 16.8. The number of carbonyl (C=O) groups is 2. The second-order valence-corrected chi connectivity index (χ2v) is 6.49. The molecule has 0 bridgehead atoms. The molecule has 0 spiro atoms. The Morgan fingerprint density at radius 1 is 1.13 bits per heavy atom. The Kier molecular flexibility index (Phi) is 5.10. The van der Waals surface area contributed by atoms with Crippen LogP contribution >= 0.6 is 0 Å². The molecule has 0 radical (unpaired) electrons. The molecule has 0 unspecified atom stereocenters. The Bertz CT molecular complexity index is 628. The monoisotopic (exact) mass is 314 g/mol. The number of carboxylic acid groups (broad SMARTS) is 1. The third-order valence-corrected chi connectivity index (χ3v) is 4.20. The molecule has 1 N–H and O–H groups in total. The third kappa shape index (κ3) is 4.13. The van der Waals surface area contributed by atoms with Crippen LogP contribution in [0.2, 0.25) is 0 Å². The maximum atomic E-state index is 12.3. The van der Waals surface area contributed by atoms with Gasteiger partial charge in [0, 0.05) is 5.56 Å². The number of hydrogen-bond donors (Lipinski definition) is 1. The van der Waals surface area contributed by atoms with Gasteiger partial charge in [-0.1, -0.05) is 30.5 Å². The number of esters is 1. The van der Waals surface area contributed by atoms with Crippen molar-refractivity contribution < 1.29 is 19.4 Å². The van der Waals surface area contributed by atoms with Crippen LogP contribution in [0.15, 0.2) is 30.3 Å². The van der Waals surface area contributed by atoms with Crippen LogP contribution in [0.3, 0.4) is 0 Å². The number of rotatable bonds is 3. The molecule has 0 aromatic heterocycles. The van der Waals surface area contributed by atoms with Crippen LogP contribution in [0.1, 0.15) is 51.5 Å². The van der Waals surface area contributed by atoms with Gasteiger partial charge in [0.25, 0.3) is 0 Å². The number of ether oxygens (including phenoxy) is 1. The molecule has 2 rings (SSSR count). The fourth-order valence-corrected chi connectivity index (χ4v) is 2.48. The first-order valence-electron chi connectivity index (χ1n) is 7.91. The number of carbonyl (C=O) groups excluding carboxylic acids is 1. The molecular weight excluding hydrogens is 292 g/mol. The Morgan fingerprint density at radius 2 is 1.74 bits per heavy atom. The highest BCUT2D eigenvalue weighted by molar-refractivity contribution is 5.98. The van der Waals surface area contributed by atoms with E-state index in [1.165, 1.54) is 13.8 Å². The molecule has 4 heteroatoms. The number of hydrogen-bond acceptors (Lipinski definition) is 3. The fourth-order valence-electron chi connectivity index (χ4n) is 2.48. The van der Waals surface area contributed by atoms with Crippen molar-refractivity contribution in [3.8, 4) is 11.8 Å². The average molecular weight is 314 g/mol. The zero-order valence-corrected chi connectivity index (χ0v) is 13.6. The maximum Gasteiger partial charge on any atom is 0.324 e. The first kappa shape index (κ1) is 17.1. The molecule has 1 aromatic rings. The molecule has 23 heavy (non-hydrogen) atoms. The van der Waals surface area contributed by atoms with E-state index in [2.05, 4.69) is 11.8 Å². The van der Waals surface area contributed by atoms with Crippen LogP contribution in [-0.2, 0) is 14.3 Å². The van der Waals surface area contributed by atoms with E-state index < -0.39 is 23.0 Å². The van der Waals surface area contributed by atoms with Gasteiger partial charge in [0.1, 0.15) is 0 Å². The van der Waals surface area contributed by atoms with Crippen molar-refractivity contribution in [2.45, 2.75) is 51.6 Å². The lowest BCUT2D eigenvalue weighted by Crippen LogP contribution is -2.43. The van der Waals surface area contributed by atoms with Crippen molar-refractivity contribution in [3.05, 3.63) is 35.9 Å². The summed E-state index contributed by atoms with van der Waals surface area (Å²) in [5.41, 5.74) is -1.59. The minimum atomic E-state index is -1.57. The summed E-state index contributed by atoms with van der Waals surface area (Å²) in [7, 11) is 0. The van der Waals surface area contributed by atoms with Crippen LogP contribution in [0.4, 0.5) is 0 Å². The molecule has 0 saturated heterocycles. The summed E-state index contributed by atoms with van der Waals surface area (Å²) in [6.07, 6.45) is 4.21. The quantitative estimate of drug-likeness (QED) is 0.527. The molecule has 4 nitrogen and oxygen atoms in total. The summed E-state index contributed by atoms with van der Waals surface area (Å²) >= 11 is 0. The smallest absolute Gasteiger partial charge is 0.324 e. The highest BCUT2D eigenvalue weighted by Crippen LogP contribution is 2.33. The minimum absolute atomic E-state index is 0.647. The maximum absolute atomic E-state index is 12.3. The summed E-state index contributed by atoms with van der Waals surface area (Å²) in [4.78, 5) is 23.6. The molecule has 1 saturated carbocycles. The average Bonchev–Trinajstić information content (AvgIpc) is 2.54. The van der Waals surface area contributed by atoms with Gasteiger partial charge < -0.3 is 9.84 Å². The number of aliphatic carboxylic acids is 1. The van der Waals surface area contributed by atoms with Crippen LogP contribution in [0.5, 0.6) is 0 Å². The second-order valence-electron chi connectivity index (χ2n) is 6.49. The molecule has 1 aliphatic carbocycles. The van der Waals surface area contributed by atoms with Gasteiger partial charge in [-0.05, 0) is 57.6 Å². The van der Waals surface area contributed by atoms with Gasteiger partial charge in [-0.3, -0.25) is 9.59 Å². The van der Waals surface area contributed by atoms with E-state index in [0.29, 0.717) is 12.8 Å². The van der Waals surface area contributed by atoms with Gasteiger partial charge in [-0.2, -0.15) is 0 Å². The standard InChI is InChI=1S/C19H22O4/c1-18(2,16(20)21)17(22)23-19(12-7-4-8-13-19)14-11-15-9-5-3-6-10-15/h3,5-6,9-10H,4,7-8,12-13H2,1-2H3,(H,20,21). The molecule has 0 aliphatic heterocycles. The van der Waals surface area contributed by atoms with E-state index in [4.69, 9.17) is 4.74 Å². The molecule has 122 valence electrons. The number of carboxylic acids is 1. The lowest BCUT2D eigenvalue weighted by Gasteiger charge is -2.34. The topological polar surface area (TPSA) is 63.6 Å². The van der Waals surface area contributed by atoms with Crippen molar-refractivity contribution in [2.75, 3.05) is 0 Å². The largest absolute Gasteiger partial charge is 0.480 e. The molecule has 0 heterocycles. The Hall–Kier alpha value is -2.28. The molecule has 1 aromatic carbocycles. The van der Waals surface area contributed by atoms with E-state index >= 15 is 0 Å². The van der Waals surface area contributed by atoms with Crippen LogP contribution in [0.25, 0.3) is 0 Å². The van der Waals surface area contributed by atoms with Gasteiger partial charge >= 0.3 is 11.9 Å². The zero-order valence-electron chi connectivity index (χ0n) is 13.6. The van der Waals surface area contributed by atoms with Crippen molar-refractivity contribution in [3.63, 3.8) is 0 Å². The van der Waals surface area contributed by atoms with Crippen LogP contribution in [0, 0.1) is 17.3 Å². The van der Waals surface area contributed by atoms with Crippen molar-refractivity contribution in [1.29, 1.82) is 0 Å². The highest BCUT2D eigenvalue weighted by Gasteiger charge is 2.43. The van der Waals surface area contributed by atoms with E-state index in [1.807, 2.05) is 30.3 Å².